The number of carboxylic acids is 1. The van der Waals surface area contributed by atoms with Crippen LogP contribution in [0.2, 0.25) is 0 Å². The number of hydrogen-bond acceptors (Lipinski definition) is 5. The van der Waals surface area contributed by atoms with E-state index in [2.05, 4.69) is 0 Å². The van der Waals surface area contributed by atoms with Gasteiger partial charge >= 0.3 is 5.97 Å². The summed E-state index contributed by atoms with van der Waals surface area (Å²) in [6, 6.07) is 0. The fourth-order valence-corrected chi connectivity index (χ4v) is 0.702. The van der Waals surface area contributed by atoms with Gasteiger partial charge in [0.1, 0.15) is 0 Å². The first kappa shape index (κ1) is 12.6. The molecule has 0 aromatic carbocycles. The van der Waals surface area contributed by atoms with Crippen molar-refractivity contribution in [3.8, 4) is 0 Å². The predicted molar refractivity (Wildman–Crippen MR) is 45.0 cm³/mol. The van der Waals surface area contributed by atoms with E-state index in [1.807, 2.05) is 0 Å². The monoisotopic (exact) mass is 224 g/mol. The van der Waals surface area contributed by atoms with Gasteiger partial charge in [0.15, 0.2) is 5.44 Å². The molecule has 0 fully saturated rings. The van der Waals surface area contributed by atoms with Crippen molar-refractivity contribution >= 4 is 16.1 Å². The van der Waals surface area contributed by atoms with Crippen LogP contribution in [-0.4, -0.2) is 39.7 Å². The molecule has 80 valence electrons. The van der Waals surface area contributed by atoms with Crippen LogP contribution in [0.4, 0.5) is 0 Å². The number of allylic oxidation sites excluding steroid dienone is 2. The van der Waals surface area contributed by atoms with Crippen LogP contribution in [0.15, 0.2) is 24.0 Å². The van der Waals surface area contributed by atoms with Crippen LogP contribution in [0, 0.1) is 0 Å². The molecule has 0 saturated carbocycles. The Morgan fingerprint density at radius 1 is 1.29 bits per heavy atom. The van der Waals surface area contributed by atoms with Crippen LogP contribution in [-0.2, 0) is 14.9 Å². The Morgan fingerprint density at radius 2 is 1.79 bits per heavy atom. The lowest BCUT2D eigenvalue weighted by Crippen LogP contribution is -2.16. The van der Waals surface area contributed by atoms with Gasteiger partial charge in [0.25, 0.3) is 10.1 Å². The fraction of sp³-hybridized carbons (Fsp3) is 0.167. The largest absolute Gasteiger partial charge is 0.502 e. The number of carboxylic acid groups (broad SMARTS) is 1. The molecule has 0 aliphatic carbocycles. The van der Waals surface area contributed by atoms with E-state index in [1.54, 1.807) is 0 Å². The van der Waals surface area contributed by atoms with Gasteiger partial charge in [-0.1, -0.05) is 6.08 Å². The summed E-state index contributed by atoms with van der Waals surface area (Å²) < 4.78 is 28.6. The van der Waals surface area contributed by atoms with Crippen molar-refractivity contribution < 1.29 is 33.1 Å². The number of aliphatic hydroxyl groups is 2. The molecule has 1 unspecified atom stereocenters. The first-order valence-electron chi connectivity index (χ1n) is 3.20. The highest BCUT2D eigenvalue weighted by atomic mass is 32.2. The summed E-state index contributed by atoms with van der Waals surface area (Å²) in [7, 11) is -4.61. The highest BCUT2D eigenvalue weighted by Gasteiger charge is 2.14. The molecule has 0 spiro atoms. The van der Waals surface area contributed by atoms with Crippen LogP contribution in [0.1, 0.15) is 0 Å². The Morgan fingerprint density at radius 3 is 2.14 bits per heavy atom. The first-order valence-corrected chi connectivity index (χ1v) is 4.70. The van der Waals surface area contributed by atoms with E-state index in [4.69, 9.17) is 19.9 Å². The maximum absolute atomic E-state index is 10.2. The van der Waals surface area contributed by atoms with Gasteiger partial charge in [0.2, 0.25) is 5.76 Å². The number of aliphatic hydroxyl groups excluding tert-OH is 2. The quantitative estimate of drug-likeness (QED) is 0.214. The van der Waals surface area contributed by atoms with Crippen molar-refractivity contribution in [2.75, 3.05) is 0 Å². The zero-order chi connectivity index (χ0) is 11.4. The topological polar surface area (TPSA) is 132 Å². The van der Waals surface area contributed by atoms with Gasteiger partial charge in [-0.25, -0.2) is 4.79 Å². The maximum atomic E-state index is 10.2. The normalized spacial score (nSPS) is 15.7. The van der Waals surface area contributed by atoms with Crippen molar-refractivity contribution in [3.63, 3.8) is 0 Å². The third-order valence-corrected chi connectivity index (χ3v) is 1.82. The minimum Gasteiger partial charge on any atom is -0.502 e. The molecule has 1 atom stereocenters. The first-order chi connectivity index (χ1) is 6.25. The molecule has 0 amide bonds. The van der Waals surface area contributed by atoms with E-state index < -0.39 is 27.3 Å². The lowest BCUT2D eigenvalue weighted by Gasteiger charge is -1.98. The number of rotatable bonds is 4. The van der Waals surface area contributed by atoms with Crippen LogP contribution in [0.25, 0.3) is 0 Å². The molecule has 4 N–H and O–H groups in total. The molecular formula is C6H8O7S. The van der Waals surface area contributed by atoms with Gasteiger partial charge in [-0.3, -0.25) is 4.55 Å². The molecule has 0 aliphatic heterocycles. The number of hydrogen-bond donors (Lipinski definition) is 4. The molecular weight excluding hydrogens is 216 g/mol. The minimum atomic E-state index is -4.61. The summed E-state index contributed by atoms with van der Waals surface area (Å²) in [5.74, 6) is -2.63. The molecule has 0 rings (SSSR count). The van der Waals surface area contributed by atoms with Crippen LogP contribution in [0.5, 0.6) is 0 Å². The lowest BCUT2D eigenvalue weighted by atomic mass is 10.4. The van der Waals surface area contributed by atoms with E-state index in [0.717, 1.165) is 6.08 Å². The predicted octanol–water partition coefficient (Wildman–Crippen LogP) is -0.725. The van der Waals surface area contributed by atoms with Crippen molar-refractivity contribution in [1.82, 2.24) is 0 Å². The van der Waals surface area contributed by atoms with Crippen LogP contribution in [0.3, 0.4) is 0 Å². The van der Waals surface area contributed by atoms with Crippen molar-refractivity contribution in [1.29, 1.82) is 0 Å². The summed E-state index contributed by atoms with van der Waals surface area (Å²) in [6.07, 6.45) is 2.02. The Hall–Kier alpha value is -1.38. The van der Waals surface area contributed by atoms with E-state index in [1.165, 1.54) is 0 Å². The van der Waals surface area contributed by atoms with E-state index in [-0.39, 0.29) is 0 Å². The highest BCUT2D eigenvalue weighted by molar-refractivity contribution is 7.86. The molecule has 14 heavy (non-hydrogen) atoms. The lowest BCUT2D eigenvalue weighted by molar-refractivity contribution is -0.135. The van der Waals surface area contributed by atoms with Gasteiger partial charge in [-0.05, 0) is 12.2 Å². The zero-order valence-electron chi connectivity index (χ0n) is 6.73. The van der Waals surface area contributed by atoms with Gasteiger partial charge in [0.05, 0.1) is 0 Å². The fourth-order valence-electron chi connectivity index (χ4n) is 0.412. The molecule has 0 heterocycles. The van der Waals surface area contributed by atoms with Crippen molar-refractivity contribution in [2.24, 2.45) is 0 Å². The SMILES string of the molecule is O=C(O)C(O)=CC=CC(O)S(=O)(=O)O. The van der Waals surface area contributed by atoms with Crippen LogP contribution < -0.4 is 0 Å². The third kappa shape index (κ3) is 4.60. The summed E-state index contributed by atoms with van der Waals surface area (Å²) in [6.45, 7) is 0. The number of carbonyl (C=O) groups is 1. The van der Waals surface area contributed by atoms with Crippen LogP contribution >= 0.6 is 0 Å². The molecule has 0 bridgehead atoms. The smallest absolute Gasteiger partial charge is 0.370 e. The summed E-state index contributed by atoms with van der Waals surface area (Å²) in [4.78, 5) is 9.99. The summed E-state index contributed by atoms with van der Waals surface area (Å²) in [5, 5.41) is 25.3. The molecule has 0 aromatic rings. The minimum absolute atomic E-state index is 0.592. The maximum Gasteiger partial charge on any atom is 0.370 e. The molecule has 0 radical (unpaired) electrons. The zero-order valence-corrected chi connectivity index (χ0v) is 7.55. The van der Waals surface area contributed by atoms with E-state index in [0.29, 0.717) is 12.2 Å². The second-order valence-corrected chi connectivity index (χ2v) is 3.66. The third-order valence-electron chi connectivity index (χ3n) is 1.05. The average molecular weight is 224 g/mol. The highest BCUT2D eigenvalue weighted by Crippen LogP contribution is 1.97. The number of aliphatic carboxylic acids is 1. The molecule has 0 aliphatic rings. The standard InChI is InChI=1S/C6H8O7S/c7-4(6(9)10)2-1-3-5(8)14(11,12)13/h1-3,5,7-8H,(H,9,10)(H,11,12,13). The Bertz CT molecular complexity index is 364. The Labute approximate surface area is 79.4 Å². The van der Waals surface area contributed by atoms with Crippen molar-refractivity contribution in [3.05, 3.63) is 24.0 Å². The summed E-state index contributed by atoms with van der Waals surface area (Å²) in [5.41, 5.74) is -2.15. The molecule has 0 saturated heterocycles. The van der Waals surface area contributed by atoms with E-state index >= 15 is 0 Å². The average Bonchev–Trinajstić information content (AvgIpc) is 2.01. The van der Waals surface area contributed by atoms with Gasteiger partial charge < -0.3 is 15.3 Å². The molecule has 0 aromatic heterocycles. The molecule has 8 heteroatoms. The second-order valence-electron chi connectivity index (χ2n) is 2.15. The van der Waals surface area contributed by atoms with E-state index in [9.17, 15) is 13.2 Å². The Kier molecular flexibility index (Phi) is 4.28. The summed E-state index contributed by atoms with van der Waals surface area (Å²) >= 11 is 0. The molecule has 7 nitrogen and oxygen atoms in total. The van der Waals surface area contributed by atoms with Gasteiger partial charge in [0, 0.05) is 0 Å². The van der Waals surface area contributed by atoms with Crippen molar-refractivity contribution in [2.45, 2.75) is 5.44 Å². The van der Waals surface area contributed by atoms with Gasteiger partial charge in [-0.2, -0.15) is 8.42 Å². The second kappa shape index (κ2) is 4.74. The van der Waals surface area contributed by atoms with Gasteiger partial charge in [-0.15, -0.1) is 0 Å². The Balaban J connectivity index is 4.49.